The predicted octanol–water partition coefficient (Wildman–Crippen LogP) is 5.35. The van der Waals surface area contributed by atoms with Gasteiger partial charge in [0, 0.05) is 15.6 Å². The van der Waals surface area contributed by atoms with E-state index in [0.29, 0.717) is 40.5 Å². The minimum atomic E-state index is -0.939. The number of amides is 2. The van der Waals surface area contributed by atoms with Crippen LogP contribution in [0.15, 0.2) is 24.3 Å². The van der Waals surface area contributed by atoms with Crippen LogP contribution >= 0.6 is 22.9 Å². The monoisotopic (exact) mass is 448 g/mol. The van der Waals surface area contributed by atoms with E-state index in [1.54, 1.807) is 24.3 Å². The topological polar surface area (TPSA) is 95.5 Å². The maximum Gasteiger partial charge on any atom is 0.307 e. The van der Waals surface area contributed by atoms with Crippen LogP contribution in [0.1, 0.15) is 53.4 Å². The molecule has 160 valence electrons. The summed E-state index contributed by atoms with van der Waals surface area (Å²) in [5.41, 5.74) is 1.86. The largest absolute Gasteiger partial charge is 0.481 e. The van der Waals surface area contributed by atoms with Crippen molar-refractivity contribution in [1.82, 2.24) is 0 Å². The average molecular weight is 449 g/mol. The van der Waals surface area contributed by atoms with Crippen molar-refractivity contribution in [2.45, 2.75) is 46.0 Å². The molecule has 1 aromatic heterocycles. The van der Waals surface area contributed by atoms with Gasteiger partial charge in [0.15, 0.2) is 0 Å². The summed E-state index contributed by atoms with van der Waals surface area (Å²) in [7, 11) is 0. The molecule has 1 heterocycles. The molecule has 3 rings (SSSR count). The normalized spacial score (nSPS) is 18.6. The number of benzene rings is 1. The van der Waals surface area contributed by atoms with Crippen LogP contribution in [0.25, 0.3) is 0 Å². The first-order chi connectivity index (χ1) is 14.3. The molecular formula is C22H25ClN2O4S. The molecule has 6 nitrogen and oxygen atoms in total. The van der Waals surface area contributed by atoms with E-state index >= 15 is 0 Å². The van der Waals surface area contributed by atoms with Crippen LogP contribution in [-0.4, -0.2) is 22.9 Å². The number of aryl methyl sites for hydroxylation is 1. The lowest BCUT2D eigenvalue weighted by Crippen LogP contribution is -2.36. The van der Waals surface area contributed by atoms with Crippen LogP contribution in [0, 0.1) is 18.8 Å². The lowest BCUT2D eigenvalue weighted by molar-refractivity contribution is -0.147. The summed E-state index contributed by atoms with van der Waals surface area (Å²) in [6, 6.07) is 6.86. The molecule has 0 unspecified atom stereocenters. The number of carboxylic acids is 1. The number of aliphatic carboxylic acids is 1. The molecule has 1 aliphatic carbocycles. The molecule has 30 heavy (non-hydrogen) atoms. The van der Waals surface area contributed by atoms with Crippen LogP contribution in [-0.2, 0) is 16.0 Å². The minimum absolute atomic E-state index is 0.327. The number of carboxylic acid groups (broad SMARTS) is 1. The van der Waals surface area contributed by atoms with Gasteiger partial charge in [0.2, 0.25) is 5.91 Å². The molecule has 0 aliphatic heterocycles. The molecule has 2 atom stereocenters. The number of hydrogen-bond donors (Lipinski definition) is 3. The number of rotatable bonds is 6. The number of anilines is 2. The summed E-state index contributed by atoms with van der Waals surface area (Å²) in [5, 5.41) is 16.2. The van der Waals surface area contributed by atoms with Gasteiger partial charge in [0.25, 0.3) is 5.91 Å². The molecule has 1 fully saturated rings. The molecule has 1 aliphatic rings. The maximum absolute atomic E-state index is 13.1. The molecular weight excluding hydrogens is 424 g/mol. The Kier molecular flexibility index (Phi) is 7.15. The van der Waals surface area contributed by atoms with Crippen LogP contribution in [0.2, 0.25) is 5.02 Å². The Balaban J connectivity index is 1.87. The summed E-state index contributed by atoms with van der Waals surface area (Å²) < 4.78 is 0. The average Bonchev–Trinajstić information content (AvgIpc) is 3.02. The van der Waals surface area contributed by atoms with Crippen molar-refractivity contribution in [1.29, 1.82) is 0 Å². The fourth-order valence-corrected chi connectivity index (χ4v) is 5.37. The highest BCUT2D eigenvalue weighted by molar-refractivity contribution is 7.16. The lowest BCUT2D eigenvalue weighted by atomic mass is 9.79. The minimum Gasteiger partial charge on any atom is -0.481 e. The van der Waals surface area contributed by atoms with Crippen molar-refractivity contribution in [3.63, 3.8) is 0 Å². The molecule has 8 heteroatoms. The number of halogens is 1. The molecule has 0 spiro atoms. The van der Waals surface area contributed by atoms with Crippen molar-refractivity contribution in [2.24, 2.45) is 11.8 Å². The SMILES string of the molecule is CCc1c(C)sc(NC(=O)[C@@H]2CCCC[C@@H]2C(=O)O)c1C(=O)Nc1cccc(Cl)c1. The molecule has 0 bridgehead atoms. The first-order valence-electron chi connectivity index (χ1n) is 10.0. The van der Waals surface area contributed by atoms with Gasteiger partial charge in [-0.15, -0.1) is 11.3 Å². The Labute approximate surface area is 184 Å². The van der Waals surface area contributed by atoms with Crippen molar-refractivity contribution in [2.75, 3.05) is 10.6 Å². The number of nitrogens with one attached hydrogen (secondary N) is 2. The first kappa shape index (κ1) is 22.3. The fraction of sp³-hybridized carbons (Fsp3) is 0.409. The zero-order valence-corrected chi connectivity index (χ0v) is 18.5. The number of carbonyl (C=O) groups is 3. The van der Waals surface area contributed by atoms with E-state index in [1.165, 1.54) is 11.3 Å². The number of carbonyl (C=O) groups excluding carboxylic acids is 2. The highest BCUT2D eigenvalue weighted by Gasteiger charge is 2.36. The number of hydrogen-bond acceptors (Lipinski definition) is 4. The van der Waals surface area contributed by atoms with Crippen LogP contribution < -0.4 is 10.6 Å². The van der Waals surface area contributed by atoms with Gasteiger partial charge in [0.1, 0.15) is 5.00 Å². The zero-order chi connectivity index (χ0) is 21.8. The Morgan fingerprint density at radius 3 is 2.50 bits per heavy atom. The molecule has 0 saturated heterocycles. The first-order valence-corrected chi connectivity index (χ1v) is 11.2. The quantitative estimate of drug-likeness (QED) is 0.554. The molecule has 2 aromatic rings. The highest BCUT2D eigenvalue weighted by atomic mass is 35.5. The predicted molar refractivity (Wildman–Crippen MR) is 120 cm³/mol. The Morgan fingerprint density at radius 1 is 1.17 bits per heavy atom. The third-order valence-electron chi connectivity index (χ3n) is 5.53. The fourth-order valence-electron chi connectivity index (χ4n) is 4.04. The Hall–Kier alpha value is -2.38. The molecule has 1 saturated carbocycles. The van der Waals surface area contributed by atoms with Gasteiger partial charge < -0.3 is 15.7 Å². The van der Waals surface area contributed by atoms with Gasteiger partial charge in [-0.25, -0.2) is 0 Å². The molecule has 0 radical (unpaired) electrons. The molecule has 2 amide bonds. The third-order valence-corrected chi connectivity index (χ3v) is 6.83. The third kappa shape index (κ3) is 4.84. The maximum atomic E-state index is 13.1. The van der Waals surface area contributed by atoms with Gasteiger partial charge in [-0.2, -0.15) is 0 Å². The highest BCUT2D eigenvalue weighted by Crippen LogP contribution is 2.36. The summed E-state index contributed by atoms with van der Waals surface area (Å²) in [5.74, 6) is -2.87. The van der Waals surface area contributed by atoms with Gasteiger partial charge in [-0.05, 0) is 49.9 Å². The van der Waals surface area contributed by atoms with Crippen LogP contribution in [0.3, 0.4) is 0 Å². The summed E-state index contributed by atoms with van der Waals surface area (Å²) in [4.78, 5) is 38.6. The van der Waals surface area contributed by atoms with Crippen molar-refractivity contribution in [3.05, 3.63) is 45.3 Å². The van der Waals surface area contributed by atoms with E-state index in [9.17, 15) is 19.5 Å². The number of thiophene rings is 1. The zero-order valence-electron chi connectivity index (χ0n) is 17.0. The van der Waals surface area contributed by atoms with E-state index in [-0.39, 0.29) is 11.8 Å². The smallest absolute Gasteiger partial charge is 0.307 e. The summed E-state index contributed by atoms with van der Waals surface area (Å²) in [6.07, 6.45) is 3.31. The standard InChI is InChI=1S/C22H25ClN2O4S/c1-3-15-12(2)30-21(18(15)20(27)24-14-8-6-7-13(23)11-14)25-19(26)16-9-4-5-10-17(16)22(28)29/h6-8,11,16-17H,3-5,9-10H2,1-2H3,(H,24,27)(H,25,26)(H,28,29)/t16-,17+/m1/s1. The molecule has 3 N–H and O–H groups in total. The Bertz CT molecular complexity index is 972. The van der Waals surface area contributed by atoms with Crippen molar-refractivity contribution < 1.29 is 19.5 Å². The van der Waals surface area contributed by atoms with Crippen LogP contribution in [0.4, 0.5) is 10.7 Å². The summed E-state index contributed by atoms with van der Waals surface area (Å²) in [6.45, 7) is 3.87. The van der Waals surface area contributed by atoms with E-state index in [1.807, 2.05) is 13.8 Å². The van der Waals surface area contributed by atoms with Crippen LogP contribution in [0.5, 0.6) is 0 Å². The lowest BCUT2D eigenvalue weighted by Gasteiger charge is -2.27. The second-order valence-corrected chi connectivity index (χ2v) is 9.15. The van der Waals surface area contributed by atoms with E-state index in [2.05, 4.69) is 10.6 Å². The molecule has 1 aromatic carbocycles. The van der Waals surface area contributed by atoms with Gasteiger partial charge in [-0.1, -0.05) is 37.4 Å². The second-order valence-electron chi connectivity index (χ2n) is 7.48. The van der Waals surface area contributed by atoms with E-state index in [0.717, 1.165) is 23.3 Å². The van der Waals surface area contributed by atoms with Crippen molar-refractivity contribution >= 4 is 51.4 Å². The van der Waals surface area contributed by atoms with Gasteiger partial charge in [0.05, 0.1) is 17.4 Å². The van der Waals surface area contributed by atoms with Gasteiger partial charge >= 0.3 is 5.97 Å². The summed E-state index contributed by atoms with van der Waals surface area (Å²) >= 11 is 7.35. The van der Waals surface area contributed by atoms with Gasteiger partial charge in [-0.3, -0.25) is 14.4 Å². The Morgan fingerprint density at radius 2 is 1.87 bits per heavy atom. The van der Waals surface area contributed by atoms with E-state index in [4.69, 9.17) is 11.6 Å². The van der Waals surface area contributed by atoms with E-state index < -0.39 is 17.8 Å². The second kappa shape index (κ2) is 9.62. The van der Waals surface area contributed by atoms with Crippen molar-refractivity contribution in [3.8, 4) is 0 Å².